The lowest BCUT2D eigenvalue weighted by atomic mass is 10.3. The van der Waals surface area contributed by atoms with E-state index in [-0.39, 0.29) is 5.91 Å². The van der Waals surface area contributed by atoms with Crippen molar-refractivity contribution in [2.24, 2.45) is 0 Å². The molecule has 0 aliphatic carbocycles. The van der Waals surface area contributed by atoms with E-state index in [1.165, 1.54) is 0 Å². The molecule has 1 N–H and O–H groups in total. The summed E-state index contributed by atoms with van der Waals surface area (Å²) in [5.74, 6) is 0.194. The van der Waals surface area contributed by atoms with Crippen LogP contribution in [0.2, 0.25) is 0 Å². The molecule has 96 valence electrons. The largest absolute Gasteiger partial charge is 0.343 e. The molecule has 6 heteroatoms. The standard InChI is InChI=1S/C12H14BrN3O2/c1-4-16-6-9(13)5-10(16)11(17)14-12-7(2)8(3)15-18-12/h5-6H,4H2,1-3H3,(H,14,17). The van der Waals surface area contributed by atoms with E-state index in [0.717, 1.165) is 22.3 Å². The Morgan fingerprint density at radius 3 is 2.83 bits per heavy atom. The molecule has 0 fully saturated rings. The smallest absolute Gasteiger partial charge is 0.274 e. The molecule has 5 nitrogen and oxygen atoms in total. The van der Waals surface area contributed by atoms with Crippen molar-refractivity contribution in [2.75, 3.05) is 5.32 Å². The number of nitrogens with zero attached hydrogens (tertiary/aromatic N) is 2. The maximum Gasteiger partial charge on any atom is 0.274 e. The Hall–Kier alpha value is -1.56. The number of amides is 1. The summed E-state index contributed by atoms with van der Waals surface area (Å²) >= 11 is 3.36. The minimum atomic E-state index is -0.207. The molecule has 0 aliphatic heterocycles. The molecule has 2 aromatic heterocycles. The summed E-state index contributed by atoms with van der Waals surface area (Å²) in [5.41, 5.74) is 2.20. The molecule has 0 saturated carbocycles. The van der Waals surface area contributed by atoms with Crippen molar-refractivity contribution in [3.05, 3.63) is 33.7 Å². The number of carbonyl (C=O) groups is 1. The molecule has 2 heterocycles. The first-order valence-electron chi connectivity index (χ1n) is 5.62. The molecule has 0 unspecified atom stereocenters. The zero-order valence-corrected chi connectivity index (χ0v) is 12.0. The molecule has 0 aromatic carbocycles. The minimum Gasteiger partial charge on any atom is -0.343 e. The molecule has 0 bridgehead atoms. The summed E-state index contributed by atoms with van der Waals surface area (Å²) in [5, 5.41) is 6.53. The van der Waals surface area contributed by atoms with Crippen molar-refractivity contribution >= 4 is 27.7 Å². The third-order valence-electron chi connectivity index (χ3n) is 2.82. The van der Waals surface area contributed by atoms with Crippen LogP contribution in [0.5, 0.6) is 0 Å². The van der Waals surface area contributed by atoms with Gasteiger partial charge >= 0.3 is 0 Å². The van der Waals surface area contributed by atoms with E-state index >= 15 is 0 Å². The van der Waals surface area contributed by atoms with Crippen LogP contribution >= 0.6 is 15.9 Å². The highest BCUT2D eigenvalue weighted by Gasteiger charge is 2.16. The molecule has 0 atom stereocenters. The van der Waals surface area contributed by atoms with Gasteiger partial charge in [0.15, 0.2) is 0 Å². The Morgan fingerprint density at radius 2 is 2.28 bits per heavy atom. The van der Waals surface area contributed by atoms with Gasteiger partial charge in [0, 0.05) is 22.8 Å². The summed E-state index contributed by atoms with van der Waals surface area (Å²) in [6, 6.07) is 1.78. The number of aromatic nitrogens is 2. The van der Waals surface area contributed by atoms with Crippen LogP contribution in [-0.2, 0) is 6.54 Å². The predicted molar refractivity (Wildman–Crippen MR) is 71.7 cm³/mol. The van der Waals surface area contributed by atoms with Gasteiger partial charge in [-0.15, -0.1) is 0 Å². The van der Waals surface area contributed by atoms with Gasteiger partial charge < -0.3 is 9.09 Å². The van der Waals surface area contributed by atoms with Crippen LogP contribution in [0.1, 0.15) is 28.7 Å². The van der Waals surface area contributed by atoms with Crippen LogP contribution in [0.4, 0.5) is 5.88 Å². The molecule has 2 aromatic rings. The van der Waals surface area contributed by atoms with Crippen molar-refractivity contribution in [1.82, 2.24) is 9.72 Å². The van der Waals surface area contributed by atoms with Crippen molar-refractivity contribution in [3.63, 3.8) is 0 Å². The molecule has 1 amide bonds. The van der Waals surface area contributed by atoms with E-state index in [9.17, 15) is 4.79 Å². The number of carbonyl (C=O) groups excluding carboxylic acids is 1. The average molecular weight is 312 g/mol. The summed E-state index contributed by atoms with van der Waals surface area (Å²) < 4.78 is 7.80. The van der Waals surface area contributed by atoms with Gasteiger partial charge in [0.25, 0.3) is 5.91 Å². The molecular weight excluding hydrogens is 298 g/mol. The van der Waals surface area contributed by atoms with Crippen molar-refractivity contribution in [2.45, 2.75) is 27.3 Å². The maximum atomic E-state index is 12.1. The van der Waals surface area contributed by atoms with E-state index in [4.69, 9.17) is 4.52 Å². The van der Waals surface area contributed by atoms with Crippen LogP contribution in [0.3, 0.4) is 0 Å². The minimum absolute atomic E-state index is 0.207. The summed E-state index contributed by atoms with van der Waals surface area (Å²) in [6.07, 6.45) is 1.87. The van der Waals surface area contributed by atoms with Crippen LogP contribution < -0.4 is 5.32 Å². The number of rotatable bonds is 3. The molecule has 2 rings (SSSR count). The molecule has 0 radical (unpaired) electrons. The number of hydrogen-bond acceptors (Lipinski definition) is 3. The quantitative estimate of drug-likeness (QED) is 0.947. The van der Waals surface area contributed by atoms with Gasteiger partial charge in [0.2, 0.25) is 5.88 Å². The second-order valence-corrected chi connectivity index (χ2v) is 4.92. The maximum absolute atomic E-state index is 12.1. The highest BCUT2D eigenvalue weighted by Crippen LogP contribution is 2.20. The van der Waals surface area contributed by atoms with Crippen LogP contribution in [0.15, 0.2) is 21.3 Å². The number of anilines is 1. The number of halogens is 1. The van der Waals surface area contributed by atoms with Crippen molar-refractivity contribution < 1.29 is 9.32 Å². The number of aryl methyl sites for hydroxylation is 2. The lowest BCUT2D eigenvalue weighted by molar-refractivity contribution is 0.101. The average Bonchev–Trinajstić information content (AvgIpc) is 2.86. The van der Waals surface area contributed by atoms with Crippen molar-refractivity contribution in [1.29, 1.82) is 0 Å². The Bertz CT molecular complexity index is 586. The van der Waals surface area contributed by atoms with Gasteiger partial charge in [0.05, 0.1) is 5.69 Å². The molecule has 0 spiro atoms. The van der Waals surface area contributed by atoms with Crippen LogP contribution in [0, 0.1) is 13.8 Å². The lowest BCUT2D eigenvalue weighted by Crippen LogP contribution is -2.16. The van der Waals surface area contributed by atoms with Crippen LogP contribution in [-0.4, -0.2) is 15.6 Å². The first-order valence-corrected chi connectivity index (χ1v) is 6.42. The van der Waals surface area contributed by atoms with Gasteiger partial charge in [-0.25, -0.2) is 0 Å². The fourth-order valence-electron chi connectivity index (χ4n) is 1.63. The monoisotopic (exact) mass is 311 g/mol. The Balaban J connectivity index is 2.24. The zero-order chi connectivity index (χ0) is 13.3. The molecule has 18 heavy (non-hydrogen) atoms. The summed E-state index contributed by atoms with van der Waals surface area (Å²) in [6.45, 7) is 6.39. The van der Waals surface area contributed by atoms with E-state index in [1.807, 2.05) is 31.5 Å². The first kappa shape index (κ1) is 12.9. The second kappa shape index (κ2) is 4.97. The molecule has 0 saturated heterocycles. The third kappa shape index (κ3) is 2.33. The predicted octanol–water partition coefficient (Wildman–Crippen LogP) is 3.13. The Kier molecular flexibility index (Phi) is 3.56. The van der Waals surface area contributed by atoms with E-state index in [1.54, 1.807) is 6.07 Å². The van der Waals surface area contributed by atoms with Gasteiger partial charge in [-0.2, -0.15) is 0 Å². The summed E-state index contributed by atoms with van der Waals surface area (Å²) in [4.78, 5) is 12.1. The first-order chi connectivity index (χ1) is 8.52. The van der Waals surface area contributed by atoms with Crippen molar-refractivity contribution in [3.8, 4) is 0 Å². The van der Waals surface area contributed by atoms with Crippen LogP contribution in [0.25, 0.3) is 0 Å². The summed E-state index contributed by atoms with van der Waals surface area (Å²) in [7, 11) is 0. The van der Waals surface area contributed by atoms with Gasteiger partial charge in [-0.3, -0.25) is 10.1 Å². The number of nitrogens with one attached hydrogen (secondary N) is 1. The molecule has 0 aliphatic rings. The van der Waals surface area contributed by atoms with Gasteiger partial charge in [0.1, 0.15) is 5.69 Å². The Labute approximate surface area is 113 Å². The fraction of sp³-hybridized carbons (Fsp3) is 0.333. The van der Waals surface area contributed by atoms with Gasteiger partial charge in [-0.05, 0) is 42.8 Å². The highest BCUT2D eigenvalue weighted by molar-refractivity contribution is 9.10. The number of hydrogen-bond donors (Lipinski definition) is 1. The van der Waals surface area contributed by atoms with E-state index < -0.39 is 0 Å². The third-order valence-corrected chi connectivity index (χ3v) is 3.25. The van der Waals surface area contributed by atoms with E-state index in [2.05, 4.69) is 26.4 Å². The SMILES string of the molecule is CCn1cc(Br)cc1C(=O)Nc1onc(C)c1C. The molecular formula is C12H14BrN3O2. The fourth-order valence-corrected chi connectivity index (χ4v) is 2.09. The normalized spacial score (nSPS) is 10.7. The van der Waals surface area contributed by atoms with E-state index in [0.29, 0.717) is 11.6 Å². The highest BCUT2D eigenvalue weighted by atomic mass is 79.9. The lowest BCUT2D eigenvalue weighted by Gasteiger charge is -2.05. The zero-order valence-electron chi connectivity index (χ0n) is 10.5. The Morgan fingerprint density at radius 1 is 1.56 bits per heavy atom. The topological polar surface area (TPSA) is 60.1 Å². The second-order valence-electron chi connectivity index (χ2n) is 4.01. The van der Waals surface area contributed by atoms with Gasteiger partial charge in [-0.1, -0.05) is 5.16 Å².